The van der Waals surface area contributed by atoms with E-state index in [0.29, 0.717) is 23.4 Å². The van der Waals surface area contributed by atoms with Crippen molar-refractivity contribution in [2.45, 2.75) is 6.42 Å². The van der Waals surface area contributed by atoms with Gasteiger partial charge in [0, 0.05) is 24.6 Å². The van der Waals surface area contributed by atoms with Crippen LogP contribution in [0.15, 0.2) is 67.0 Å². The SMILES string of the molecule is COc1ccccc1CCNc1cncc(C(=O)Nc2cccc(C#N)c2)c1. The number of pyridine rings is 1. The molecule has 0 aliphatic heterocycles. The van der Waals surface area contributed by atoms with Crippen LogP contribution in [0.5, 0.6) is 5.75 Å². The van der Waals surface area contributed by atoms with Gasteiger partial charge in [-0.25, -0.2) is 0 Å². The summed E-state index contributed by atoms with van der Waals surface area (Å²) in [6, 6.07) is 18.4. The van der Waals surface area contributed by atoms with Crippen molar-refractivity contribution in [2.24, 2.45) is 0 Å². The van der Waals surface area contributed by atoms with Crippen molar-refractivity contribution in [3.05, 3.63) is 83.7 Å². The molecule has 1 heterocycles. The van der Waals surface area contributed by atoms with Crippen molar-refractivity contribution >= 4 is 17.3 Å². The molecular weight excluding hydrogens is 352 g/mol. The Labute approximate surface area is 163 Å². The van der Waals surface area contributed by atoms with Crippen LogP contribution in [0.2, 0.25) is 0 Å². The van der Waals surface area contributed by atoms with Gasteiger partial charge in [-0.05, 0) is 42.3 Å². The first-order chi connectivity index (χ1) is 13.7. The van der Waals surface area contributed by atoms with Crippen LogP contribution in [-0.2, 0) is 6.42 Å². The lowest BCUT2D eigenvalue weighted by Gasteiger charge is -2.11. The van der Waals surface area contributed by atoms with Crippen LogP contribution in [0.25, 0.3) is 0 Å². The highest BCUT2D eigenvalue weighted by atomic mass is 16.5. The zero-order valence-electron chi connectivity index (χ0n) is 15.5. The van der Waals surface area contributed by atoms with Gasteiger partial charge in [0.25, 0.3) is 5.91 Å². The Morgan fingerprint density at radius 1 is 1.11 bits per heavy atom. The Hall–Kier alpha value is -3.85. The Morgan fingerprint density at radius 3 is 2.79 bits per heavy atom. The number of nitrogens with zero attached hydrogens (tertiary/aromatic N) is 2. The molecule has 2 aromatic carbocycles. The number of hydrogen-bond donors (Lipinski definition) is 2. The predicted molar refractivity (Wildman–Crippen MR) is 109 cm³/mol. The number of nitrogens with one attached hydrogen (secondary N) is 2. The molecule has 0 saturated heterocycles. The van der Waals surface area contributed by atoms with E-state index in [-0.39, 0.29) is 5.91 Å². The Kier molecular flexibility index (Phi) is 6.21. The molecule has 1 aromatic heterocycles. The van der Waals surface area contributed by atoms with Gasteiger partial charge in [0.1, 0.15) is 5.75 Å². The van der Waals surface area contributed by atoms with Gasteiger partial charge in [-0.2, -0.15) is 5.26 Å². The first-order valence-electron chi connectivity index (χ1n) is 8.82. The third-order valence-corrected chi connectivity index (χ3v) is 4.17. The number of carbonyl (C=O) groups is 1. The minimum absolute atomic E-state index is 0.282. The molecule has 6 nitrogen and oxygen atoms in total. The first-order valence-corrected chi connectivity index (χ1v) is 8.82. The summed E-state index contributed by atoms with van der Waals surface area (Å²) in [6.45, 7) is 0.678. The van der Waals surface area contributed by atoms with Crippen molar-refractivity contribution in [3.63, 3.8) is 0 Å². The molecule has 0 atom stereocenters. The average Bonchev–Trinajstić information content (AvgIpc) is 2.74. The number of para-hydroxylation sites is 1. The molecule has 0 unspecified atom stereocenters. The quantitative estimate of drug-likeness (QED) is 0.657. The Morgan fingerprint density at radius 2 is 1.96 bits per heavy atom. The molecule has 0 aliphatic rings. The van der Waals surface area contributed by atoms with Gasteiger partial charge in [-0.1, -0.05) is 24.3 Å². The van der Waals surface area contributed by atoms with E-state index < -0.39 is 0 Å². The van der Waals surface area contributed by atoms with Crippen molar-refractivity contribution in [1.82, 2.24) is 4.98 Å². The maximum atomic E-state index is 12.5. The molecule has 28 heavy (non-hydrogen) atoms. The lowest BCUT2D eigenvalue weighted by atomic mass is 10.1. The fourth-order valence-electron chi connectivity index (χ4n) is 2.78. The van der Waals surface area contributed by atoms with E-state index in [1.807, 2.05) is 24.3 Å². The molecule has 1 amide bonds. The first kappa shape index (κ1) is 18.9. The Bertz CT molecular complexity index is 1010. The van der Waals surface area contributed by atoms with E-state index in [1.54, 1.807) is 43.6 Å². The third kappa shape index (κ3) is 4.86. The molecule has 3 rings (SSSR count). The maximum Gasteiger partial charge on any atom is 0.257 e. The zero-order chi connectivity index (χ0) is 19.8. The molecule has 0 fully saturated rings. The molecule has 0 spiro atoms. The van der Waals surface area contributed by atoms with E-state index in [1.165, 1.54) is 6.20 Å². The van der Waals surface area contributed by atoms with Gasteiger partial charge in [0.15, 0.2) is 0 Å². The van der Waals surface area contributed by atoms with Gasteiger partial charge in [-0.3, -0.25) is 9.78 Å². The van der Waals surface area contributed by atoms with E-state index in [9.17, 15) is 4.79 Å². The molecule has 2 N–H and O–H groups in total. The summed E-state index contributed by atoms with van der Waals surface area (Å²) in [5.74, 6) is 0.575. The summed E-state index contributed by atoms with van der Waals surface area (Å²) >= 11 is 0. The second-order valence-corrected chi connectivity index (χ2v) is 6.10. The van der Waals surface area contributed by atoms with Crippen LogP contribution in [0.4, 0.5) is 11.4 Å². The monoisotopic (exact) mass is 372 g/mol. The topological polar surface area (TPSA) is 87.0 Å². The van der Waals surface area contributed by atoms with Crippen molar-refractivity contribution in [1.29, 1.82) is 5.26 Å². The van der Waals surface area contributed by atoms with Gasteiger partial charge >= 0.3 is 0 Å². The number of amides is 1. The highest BCUT2D eigenvalue weighted by molar-refractivity contribution is 6.04. The number of ether oxygens (including phenoxy) is 1. The number of aromatic nitrogens is 1. The van der Waals surface area contributed by atoms with Gasteiger partial charge in [-0.15, -0.1) is 0 Å². The van der Waals surface area contributed by atoms with E-state index in [0.717, 1.165) is 23.4 Å². The fourth-order valence-corrected chi connectivity index (χ4v) is 2.78. The van der Waals surface area contributed by atoms with Crippen LogP contribution >= 0.6 is 0 Å². The molecule has 3 aromatic rings. The van der Waals surface area contributed by atoms with Crippen molar-refractivity contribution in [2.75, 3.05) is 24.3 Å². The van der Waals surface area contributed by atoms with E-state index >= 15 is 0 Å². The molecule has 0 radical (unpaired) electrons. The minimum atomic E-state index is -0.282. The molecule has 0 aliphatic carbocycles. The maximum absolute atomic E-state index is 12.5. The minimum Gasteiger partial charge on any atom is -0.496 e. The van der Waals surface area contributed by atoms with Crippen molar-refractivity contribution < 1.29 is 9.53 Å². The van der Waals surface area contributed by atoms with Crippen LogP contribution in [0.1, 0.15) is 21.5 Å². The average molecular weight is 372 g/mol. The highest BCUT2D eigenvalue weighted by Gasteiger charge is 2.08. The highest BCUT2D eigenvalue weighted by Crippen LogP contribution is 2.18. The fraction of sp³-hybridized carbons (Fsp3) is 0.136. The third-order valence-electron chi connectivity index (χ3n) is 4.17. The lowest BCUT2D eigenvalue weighted by Crippen LogP contribution is -2.13. The van der Waals surface area contributed by atoms with Crippen LogP contribution in [0, 0.1) is 11.3 Å². The largest absolute Gasteiger partial charge is 0.496 e. The summed E-state index contributed by atoms with van der Waals surface area (Å²) in [5, 5.41) is 15.0. The van der Waals surface area contributed by atoms with Crippen LogP contribution in [-0.4, -0.2) is 24.5 Å². The van der Waals surface area contributed by atoms with Gasteiger partial charge in [0.05, 0.1) is 30.0 Å². The molecule has 140 valence electrons. The van der Waals surface area contributed by atoms with E-state index in [2.05, 4.69) is 21.7 Å². The van der Waals surface area contributed by atoms with Crippen LogP contribution < -0.4 is 15.4 Å². The number of rotatable bonds is 7. The zero-order valence-corrected chi connectivity index (χ0v) is 15.5. The number of hydrogen-bond acceptors (Lipinski definition) is 5. The van der Waals surface area contributed by atoms with Crippen molar-refractivity contribution in [3.8, 4) is 11.8 Å². The molecule has 6 heteroatoms. The smallest absolute Gasteiger partial charge is 0.257 e. The second-order valence-electron chi connectivity index (χ2n) is 6.10. The van der Waals surface area contributed by atoms with Crippen LogP contribution in [0.3, 0.4) is 0 Å². The van der Waals surface area contributed by atoms with E-state index in [4.69, 9.17) is 10.00 Å². The summed E-state index contributed by atoms with van der Waals surface area (Å²) in [7, 11) is 1.66. The number of carbonyl (C=O) groups excluding carboxylic acids is 1. The molecular formula is C22H20N4O2. The normalized spacial score (nSPS) is 10.0. The molecule has 0 bridgehead atoms. The summed E-state index contributed by atoms with van der Waals surface area (Å²) < 4.78 is 5.36. The summed E-state index contributed by atoms with van der Waals surface area (Å²) in [4.78, 5) is 16.6. The number of methoxy groups -OCH3 is 1. The number of nitriles is 1. The standard InChI is InChI=1S/C22H20N4O2/c1-28-21-8-3-2-6-17(21)9-10-25-20-12-18(14-24-15-20)22(27)26-19-7-4-5-16(11-19)13-23/h2-8,11-12,14-15,25H,9-10H2,1H3,(H,26,27). The summed E-state index contributed by atoms with van der Waals surface area (Å²) in [5.41, 5.74) is 3.36. The number of benzene rings is 2. The summed E-state index contributed by atoms with van der Waals surface area (Å²) in [6.07, 6.45) is 3.96. The lowest BCUT2D eigenvalue weighted by molar-refractivity contribution is 0.102. The predicted octanol–water partition coefficient (Wildman–Crippen LogP) is 3.87. The molecule has 0 saturated carbocycles. The Balaban J connectivity index is 1.61. The number of anilines is 2. The van der Waals surface area contributed by atoms with Gasteiger partial charge in [0.2, 0.25) is 0 Å². The van der Waals surface area contributed by atoms with Gasteiger partial charge < -0.3 is 15.4 Å². The second kappa shape index (κ2) is 9.19.